The van der Waals surface area contributed by atoms with E-state index in [-0.39, 0.29) is 5.92 Å². The van der Waals surface area contributed by atoms with Gasteiger partial charge >= 0.3 is 0 Å². The minimum absolute atomic E-state index is 0.201. The third-order valence-electron chi connectivity index (χ3n) is 2.01. The molecule has 1 fully saturated rings. The van der Waals surface area contributed by atoms with Gasteiger partial charge in [0.25, 0.3) is 0 Å². The molecule has 1 aliphatic rings. The van der Waals surface area contributed by atoms with Crippen LogP contribution in [-0.2, 0) is 11.8 Å². The van der Waals surface area contributed by atoms with Crippen LogP contribution < -0.4 is 0 Å². The first kappa shape index (κ1) is 9.85. The normalized spacial score (nSPS) is 24.5. The average Bonchev–Trinajstić information content (AvgIpc) is 2.85. The number of rotatable bonds is 2. The van der Waals surface area contributed by atoms with Crippen LogP contribution in [0, 0.1) is 5.92 Å². The Morgan fingerprint density at radius 2 is 2.38 bits per heavy atom. The number of carbonyl (C=O) groups excluding carboxylic acids is 1. The molecular weight excluding hydrogens is 170 g/mol. The molecular formula is C8H13N3O2. The average molecular weight is 183 g/mol. The van der Waals surface area contributed by atoms with E-state index in [1.54, 1.807) is 4.68 Å². The molecule has 5 nitrogen and oxygen atoms in total. The van der Waals surface area contributed by atoms with Gasteiger partial charge in [-0.1, -0.05) is 5.21 Å². The van der Waals surface area contributed by atoms with Gasteiger partial charge in [0.05, 0.1) is 5.69 Å². The Morgan fingerprint density at radius 1 is 1.69 bits per heavy atom. The first-order chi connectivity index (χ1) is 6.31. The number of aromatic nitrogens is 3. The molecule has 1 aromatic heterocycles. The number of hydrogen-bond donors (Lipinski definition) is 1. The van der Waals surface area contributed by atoms with E-state index in [4.69, 9.17) is 5.11 Å². The highest BCUT2D eigenvalue weighted by molar-refractivity contribution is 5.60. The Hall–Kier alpha value is -1.23. The second kappa shape index (κ2) is 4.13. The summed E-state index contributed by atoms with van der Waals surface area (Å²) < 4.78 is 1.66. The van der Waals surface area contributed by atoms with Crippen LogP contribution in [0.15, 0.2) is 6.20 Å². The lowest BCUT2D eigenvalue weighted by atomic mass is 10.3. The van der Waals surface area contributed by atoms with Gasteiger partial charge in [0.1, 0.15) is 6.29 Å². The predicted octanol–water partition coefficient (Wildman–Crippen LogP) is -0.274. The zero-order valence-electron chi connectivity index (χ0n) is 7.71. The number of aliphatic hydroxyl groups excluding tert-OH is 1. The first-order valence-corrected chi connectivity index (χ1v) is 4.07. The van der Waals surface area contributed by atoms with Crippen molar-refractivity contribution in [2.24, 2.45) is 13.0 Å². The van der Waals surface area contributed by atoms with Crippen molar-refractivity contribution in [3.63, 3.8) is 0 Å². The van der Waals surface area contributed by atoms with E-state index in [9.17, 15) is 4.79 Å². The molecule has 0 radical (unpaired) electrons. The van der Waals surface area contributed by atoms with Crippen LogP contribution in [-0.4, -0.2) is 33.5 Å². The Labute approximate surface area is 76.4 Å². The first-order valence-electron chi connectivity index (χ1n) is 4.07. The number of hydrogen-bond acceptors (Lipinski definition) is 4. The van der Waals surface area contributed by atoms with Crippen LogP contribution >= 0.6 is 0 Å². The molecule has 1 aliphatic carbocycles. The van der Waals surface area contributed by atoms with Crippen LogP contribution in [0.3, 0.4) is 0 Å². The minimum Gasteiger partial charge on any atom is -0.400 e. The zero-order valence-corrected chi connectivity index (χ0v) is 7.71. The number of nitrogens with zero attached hydrogens (tertiary/aromatic N) is 3. The quantitative estimate of drug-likeness (QED) is 0.641. The van der Waals surface area contributed by atoms with E-state index in [0.717, 1.165) is 25.5 Å². The lowest BCUT2D eigenvalue weighted by molar-refractivity contribution is -0.108. The second-order valence-electron chi connectivity index (χ2n) is 2.96. The van der Waals surface area contributed by atoms with Crippen molar-refractivity contribution in [2.45, 2.75) is 12.3 Å². The Morgan fingerprint density at radius 3 is 2.77 bits per heavy atom. The van der Waals surface area contributed by atoms with E-state index in [0.29, 0.717) is 5.92 Å². The highest BCUT2D eigenvalue weighted by atomic mass is 16.2. The van der Waals surface area contributed by atoms with E-state index < -0.39 is 0 Å². The molecule has 0 amide bonds. The summed E-state index contributed by atoms with van der Waals surface area (Å²) in [5.74, 6) is 0.549. The fraction of sp³-hybridized carbons (Fsp3) is 0.625. The molecule has 0 spiro atoms. The van der Waals surface area contributed by atoms with Gasteiger partial charge in [-0.25, -0.2) is 0 Å². The minimum atomic E-state index is 0.201. The van der Waals surface area contributed by atoms with Gasteiger partial charge in [-0.05, 0) is 6.42 Å². The maximum absolute atomic E-state index is 10.3. The molecule has 1 N–H and O–H groups in total. The third-order valence-corrected chi connectivity index (χ3v) is 2.01. The van der Waals surface area contributed by atoms with Crippen LogP contribution in [0.5, 0.6) is 0 Å². The number of aliphatic hydroxyl groups is 1. The van der Waals surface area contributed by atoms with E-state index in [2.05, 4.69) is 10.3 Å². The largest absolute Gasteiger partial charge is 0.400 e. The highest BCUT2D eigenvalue weighted by Crippen LogP contribution is 2.44. The topological polar surface area (TPSA) is 68.0 Å². The number of carbonyl (C=O) groups is 1. The molecule has 0 aromatic carbocycles. The molecule has 5 heteroatoms. The van der Waals surface area contributed by atoms with Crippen molar-refractivity contribution in [1.82, 2.24) is 15.0 Å². The van der Waals surface area contributed by atoms with Gasteiger partial charge in [0, 0.05) is 32.2 Å². The molecule has 13 heavy (non-hydrogen) atoms. The molecule has 2 rings (SSSR count). The Balaban J connectivity index is 0.000000396. The Bertz CT molecular complexity index is 285. The summed E-state index contributed by atoms with van der Waals surface area (Å²) in [7, 11) is 2.83. The van der Waals surface area contributed by atoms with Gasteiger partial charge in [-0.15, -0.1) is 5.10 Å². The maximum Gasteiger partial charge on any atom is 0.123 e. The summed E-state index contributed by atoms with van der Waals surface area (Å²) in [6, 6.07) is 0. The third kappa shape index (κ3) is 2.12. The van der Waals surface area contributed by atoms with Crippen molar-refractivity contribution in [1.29, 1.82) is 0 Å². The fourth-order valence-corrected chi connectivity index (χ4v) is 1.24. The van der Waals surface area contributed by atoms with Crippen molar-refractivity contribution >= 4 is 6.29 Å². The number of aldehydes is 1. The van der Waals surface area contributed by atoms with Crippen LogP contribution in [0.4, 0.5) is 0 Å². The molecule has 1 heterocycles. The molecule has 1 aromatic rings. The summed E-state index contributed by atoms with van der Waals surface area (Å²) in [5, 5.41) is 14.7. The smallest absolute Gasteiger partial charge is 0.123 e. The van der Waals surface area contributed by atoms with Crippen molar-refractivity contribution in [3.8, 4) is 0 Å². The van der Waals surface area contributed by atoms with Gasteiger partial charge in [0.15, 0.2) is 0 Å². The summed E-state index contributed by atoms with van der Waals surface area (Å²) in [6.45, 7) is 0. The molecule has 1 saturated carbocycles. The van der Waals surface area contributed by atoms with Gasteiger partial charge < -0.3 is 9.90 Å². The highest BCUT2D eigenvalue weighted by Gasteiger charge is 2.39. The second-order valence-corrected chi connectivity index (χ2v) is 2.96. The van der Waals surface area contributed by atoms with Gasteiger partial charge in [0.2, 0.25) is 0 Å². The summed E-state index contributed by atoms with van der Waals surface area (Å²) in [5.41, 5.74) is 0.949. The lowest BCUT2D eigenvalue weighted by Gasteiger charge is -1.83. The SMILES string of the molecule is CO.Cn1cc(C2CC2C=O)nn1. The monoisotopic (exact) mass is 183 g/mol. The van der Waals surface area contributed by atoms with Crippen molar-refractivity contribution in [3.05, 3.63) is 11.9 Å². The Kier molecular flexibility index (Phi) is 3.13. The van der Waals surface area contributed by atoms with Crippen LogP contribution in [0.2, 0.25) is 0 Å². The van der Waals surface area contributed by atoms with E-state index in [1.807, 2.05) is 13.2 Å². The van der Waals surface area contributed by atoms with Crippen LogP contribution in [0.1, 0.15) is 18.0 Å². The zero-order chi connectivity index (χ0) is 9.84. The maximum atomic E-state index is 10.3. The van der Waals surface area contributed by atoms with E-state index >= 15 is 0 Å². The predicted molar refractivity (Wildman–Crippen MR) is 46.1 cm³/mol. The molecule has 0 bridgehead atoms. The lowest BCUT2D eigenvalue weighted by Crippen LogP contribution is -1.85. The summed E-state index contributed by atoms with van der Waals surface area (Å²) in [6.07, 6.45) is 3.82. The van der Waals surface area contributed by atoms with E-state index in [1.165, 1.54) is 0 Å². The van der Waals surface area contributed by atoms with Gasteiger partial charge in [-0.3, -0.25) is 4.68 Å². The molecule has 2 atom stereocenters. The molecule has 0 aliphatic heterocycles. The van der Waals surface area contributed by atoms with Crippen molar-refractivity contribution < 1.29 is 9.90 Å². The van der Waals surface area contributed by atoms with Gasteiger partial charge in [-0.2, -0.15) is 0 Å². The molecule has 0 saturated heterocycles. The standard InChI is InChI=1S/C7H9N3O.CH4O/c1-10-3-7(8-9-10)6-2-5(6)4-11;1-2/h3-6H,2H2,1H3;2H,1H3. The molecule has 72 valence electrons. The fourth-order valence-electron chi connectivity index (χ4n) is 1.24. The summed E-state index contributed by atoms with van der Waals surface area (Å²) in [4.78, 5) is 10.3. The van der Waals surface area contributed by atoms with Crippen LogP contribution in [0.25, 0.3) is 0 Å². The molecule has 2 unspecified atom stereocenters. The summed E-state index contributed by atoms with van der Waals surface area (Å²) >= 11 is 0. The van der Waals surface area contributed by atoms with Crippen molar-refractivity contribution in [2.75, 3.05) is 7.11 Å². The number of aryl methyl sites for hydroxylation is 1.